The van der Waals surface area contributed by atoms with Gasteiger partial charge in [0, 0.05) is 25.7 Å². The number of aliphatic hydroxyl groups excluding tert-OH is 1. The molecule has 554 valence electrons. The summed E-state index contributed by atoms with van der Waals surface area (Å²) in [6, 6.07) is 0. The van der Waals surface area contributed by atoms with Crippen molar-refractivity contribution in [1.29, 1.82) is 0 Å². The van der Waals surface area contributed by atoms with Gasteiger partial charge in [-0.1, -0.05) is 316 Å². The van der Waals surface area contributed by atoms with Crippen LogP contribution < -0.4 is 0 Å². The van der Waals surface area contributed by atoms with Crippen molar-refractivity contribution >= 4 is 39.5 Å². The van der Waals surface area contributed by atoms with E-state index in [2.05, 4.69) is 58.9 Å². The number of ether oxygens (including phenoxy) is 4. The molecule has 0 fully saturated rings. The molecule has 0 amide bonds. The number of allylic oxidation sites excluding steroid dienone is 4. The molecule has 0 bridgehead atoms. The van der Waals surface area contributed by atoms with Crippen LogP contribution in [0, 0.1) is 5.92 Å². The molecular weight excluding hydrogens is 1230 g/mol. The van der Waals surface area contributed by atoms with Crippen molar-refractivity contribution in [2.24, 2.45) is 5.92 Å². The second-order valence-electron chi connectivity index (χ2n) is 26.8. The number of aliphatic hydroxyl groups is 1. The molecule has 0 aromatic rings. The van der Waals surface area contributed by atoms with Gasteiger partial charge in [-0.15, -0.1) is 0 Å². The Balaban J connectivity index is 5.27. The van der Waals surface area contributed by atoms with Crippen molar-refractivity contribution < 1.29 is 80.2 Å². The van der Waals surface area contributed by atoms with Gasteiger partial charge in [0.1, 0.15) is 19.3 Å². The molecular formula is C75H142O17P2. The minimum Gasteiger partial charge on any atom is -0.462 e. The maximum absolute atomic E-state index is 13.1. The van der Waals surface area contributed by atoms with Crippen LogP contribution in [0.5, 0.6) is 0 Å². The Morgan fingerprint density at radius 3 is 0.872 bits per heavy atom. The first-order chi connectivity index (χ1) is 45.5. The van der Waals surface area contributed by atoms with E-state index >= 15 is 0 Å². The van der Waals surface area contributed by atoms with E-state index in [1.165, 1.54) is 167 Å². The Morgan fingerprint density at radius 1 is 0.330 bits per heavy atom. The highest BCUT2D eigenvalue weighted by Crippen LogP contribution is 2.45. The quantitative estimate of drug-likeness (QED) is 0.0169. The van der Waals surface area contributed by atoms with Crippen LogP contribution in [0.3, 0.4) is 0 Å². The summed E-state index contributed by atoms with van der Waals surface area (Å²) in [7, 11) is -9.92. The number of hydrogen-bond acceptors (Lipinski definition) is 15. The molecule has 19 heteroatoms. The van der Waals surface area contributed by atoms with Crippen LogP contribution in [0.2, 0.25) is 0 Å². The third-order valence-corrected chi connectivity index (χ3v) is 18.8. The fraction of sp³-hybridized carbons (Fsp3) is 0.893. The van der Waals surface area contributed by atoms with Crippen LogP contribution in [-0.2, 0) is 65.4 Å². The molecule has 0 heterocycles. The number of phosphoric ester groups is 2. The average molecular weight is 1380 g/mol. The van der Waals surface area contributed by atoms with Gasteiger partial charge in [-0.25, -0.2) is 9.13 Å². The molecule has 0 aromatic carbocycles. The molecule has 0 aliphatic heterocycles. The number of carbonyl (C=O) groups excluding carboxylic acids is 4. The van der Waals surface area contributed by atoms with Crippen LogP contribution >= 0.6 is 15.6 Å². The van der Waals surface area contributed by atoms with Crippen molar-refractivity contribution in [2.45, 2.75) is 387 Å². The van der Waals surface area contributed by atoms with Crippen LogP contribution in [0.1, 0.15) is 369 Å². The van der Waals surface area contributed by atoms with Crippen molar-refractivity contribution in [3.63, 3.8) is 0 Å². The predicted octanol–water partition coefficient (Wildman–Crippen LogP) is 21.6. The molecule has 0 aliphatic carbocycles. The summed E-state index contributed by atoms with van der Waals surface area (Å²) < 4.78 is 68.4. The Labute approximate surface area is 573 Å². The smallest absolute Gasteiger partial charge is 0.462 e. The average Bonchev–Trinajstić information content (AvgIpc) is 1.43. The maximum atomic E-state index is 13.1. The van der Waals surface area contributed by atoms with E-state index in [9.17, 15) is 43.2 Å². The summed E-state index contributed by atoms with van der Waals surface area (Å²) in [6.07, 6.45) is 59.1. The van der Waals surface area contributed by atoms with E-state index in [4.69, 9.17) is 37.0 Å². The lowest BCUT2D eigenvalue weighted by atomic mass is 10.0. The van der Waals surface area contributed by atoms with Crippen LogP contribution in [0.25, 0.3) is 0 Å². The Hall–Kier alpha value is -2.46. The van der Waals surface area contributed by atoms with E-state index in [0.29, 0.717) is 31.6 Å². The van der Waals surface area contributed by atoms with Gasteiger partial charge in [-0.05, 0) is 57.3 Å². The van der Waals surface area contributed by atoms with Gasteiger partial charge in [-0.2, -0.15) is 0 Å². The lowest BCUT2D eigenvalue weighted by Crippen LogP contribution is -2.30. The van der Waals surface area contributed by atoms with Crippen molar-refractivity contribution in [3.8, 4) is 0 Å². The Bertz CT molecular complexity index is 1900. The topological polar surface area (TPSA) is 237 Å². The van der Waals surface area contributed by atoms with E-state index in [1.807, 2.05) is 0 Å². The van der Waals surface area contributed by atoms with E-state index in [0.717, 1.165) is 116 Å². The zero-order valence-electron chi connectivity index (χ0n) is 60.6. The van der Waals surface area contributed by atoms with E-state index < -0.39 is 97.5 Å². The molecule has 0 rings (SSSR count). The fourth-order valence-corrected chi connectivity index (χ4v) is 12.6. The largest absolute Gasteiger partial charge is 0.472 e. The highest BCUT2D eigenvalue weighted by atomic mass is 31.2. The standard InChI is InChI=1S/C75H142O17P2/c1-6-9-12-15-18-21-24-27-30-32-35-38-41-44-51-56-61-74(79)91-70(64-85-72(77)58-53-48-42-39-36-34-31-28-25-22-19-16-13-10-7-2)66-89-93(81,82)87-62-69(76)63-88-94(83,84)90-67-71(65-86-73(78)59-54-49-46-45-47-52-57-68(4)5)92-75(80)60-55-50-43-40-37-33-29-26-23-20-17-14-11-8-3/h22,25,28,31,68-71,76H,6-21,23-24,26-27,29-30,32-67H2,1-5H3,(H,81,82)(H,83,84)/b25-22-,31-28-/t69-,70-,71-/m1/s1. The number of unbranched alkanes of at least 4 members (excludes halogenated alkanes) is 42. The van der Waals surface area contributed by atoms with Crippen molar-refractivity contribution in [1.82, 2.24) is 0 Å². The lowest BCUT2D eigenvalue weighted by molar-refractivity contribution is -0.161. The third kappa shape index (κ3) is 68.1. The van der Waals surface area contributed by atoms with Gasteiger partial charge < -0.3 is 33.8 Å². The molecule has 0 saturated heterocycles. The molecule has 0 aliphatic rings. The van der Waals surface area contributed by atoms with Gasteiger partial charge in [0.2, 0.25) is 0 Å². The van der Waals surface area contributed by atoms with Crippen LogP contribution in [0.15, 0.2) is 24.3 Å². The molecule has 0 aromatic heterocycles. The zero-order chi connectivity index (χ0) is 69.1. The van der Waals surface area contributed by atoms with Crippen molar-refractivity contribution in [2.75, 3.05) is 39.6 Å². The molecule has 0 spiro atoms. The minimum atomic E-state index is -4.96. The van der Waals surface area contributed by atoms with Crippen LogP contribution in [-0.4, -0.2) is 96.7 Å². The molecule has 94 heavy (non-hydrogen) atoms. The molecule has 3 N–H and O–H groups in total. The number of carbonyl (C=O) groups is 4. The number of esters is 4. The highest BCUT2D eigenvalue weighted by molar-refractivity contribution is 7.47. The van der Waals surface area contributed by atoms with Crippen LogP contribution in [0.4, 0.5) is 0 Å². The fourth-order valence-electron chi connectivity index (χ4n) is 11.0. The first kappa shape index (κ1) is 91.5. The third-order valence-electron chi connectivity index (χ3n) is 16.9. The second kappa shape index (κ2) is 67.7. The van der Waals surface area contributed by atoms with Gasteiger partial charge in [0.15, 0.2) is 12.2 Å². The molecule has 0 radical (unpaired) electrons. The number of phosphoric acid groups is 2. The molecule has 17 nitrogen and oxygen atoms in total. The minimum absolute atomic E-state index is 0.101. The van der Waals surface area contributed by atoms with Gasteiger partial charge >= 0.3 is 39.5 Å². The van der Waals surface area contributed by atoms with E-state index in [1.54, 1.807) is 0 Å². The van der Waals surface area contributed by atoms with Gasteiger partial charge in [-0.3, -0.25) is 37.3 Å². The Morgan fingerprint density at radius 2 is 0.574 bits per heavy atom. The summed E-state index contributed by atoms with van der Waals surface area (Å²) in [5.41, 5.74) is 0. The zero-order valence-corrected chi connectivity index (χ0v) is 62.4. The second-order valence-corrected chi connectivity index (χ2v) is 29.7. The summed E-state index contributed by atoms with van der Waals surface area (Å²) >= 11 is 0. The first-order valence-corrected chi connectivity index (χ1v) is 41.4. The van der Waals surface area contributed by atoms with E-state index in [-0.39, 0.29) is 25.7 Å². The summed E-state index contributed by atoms with van der Waals surface area (Å²) in [4.78, 5) is 72.7. The highest BCUT2D eigenvalue weighted by Gasteiger charge is 2.30. The first-order valence-electron chi connectivity index (χ1n) is 38.5. The summed E-state index contributed by atoms with van der Waals surface area (Å²) in [5, 5.41) is 10.6. The maximum Gasteiger partial charge on any atom is 0.472 e. The SMILES string of the molecule is CCCCCC/C=C\C=C/CCCCCCCC(=O)OC[C@H](COP(=O)(O)OC[C@@H](O)COP(=O)(O)OC[C@@H](COC(=O)CCCCCCCCC(C)C)OC(=O)CCCCCCCCCCCCCCCC)OC(=O)CCCCCCCCCCCCCCCCCC. The molecule has 2 unspecified atom stereocenters. The molecule has 5 atom stereocenters. The number of rotatable bonds is 73. The molecule has 0 saturated carbocycles. The monoisotopic (exact) mass is 1380 g/mol. The Kier molecular flexibility index (Phi) is 65.9. The normalized spacial score (nSPS) is 14.1. The van der Waals surface area contributed by atoms with Gasteiger partial charge in [0.25, 0.3) is 0 Å². The van der Waals surface area contributed by atoms with Crippen molar-refractivity contribution in [3.05, 3.63) is 24.3 Å². The summed E-state index contributed by atoms with van der Waals surface area (Å²) in [5.74, 6) is -1.47. The lowest BCUT2D eigenvalue weighted by Gasteiger charge is -2.21. The number of hydrogen-bond donors (Lipinski definition) is 3. The predicted molar refractivity (Wildman–Crippen MR) is 381 cm³/mol. The summed E-state index contributed by atoms with van der Waals surface area (Å²) in [6.45, 7) is 7.14. The van der Waals surface area contributed by atoms with Gasteiger partial charge in [0.05, 0.1) is 26.4 Å².